The largest absolute Gasteiger partial charge is 1.00 e. The molecule has 4 rings (SSSR count). The zero-order chi connectivity index (χ0) is 30.2. The first kappa shape index (κ1) is 33.6. The number of hydrogen-bond acceptors (Lipinski definition) is 10. The smallest absolute Gasteiger partial charge is 0.330 e. The monoisotopic (exact) mass is 616 g/mol. The van der Waals surface area contributed by atoms with E-state index in [9.17, 15) is 19.5 Å². The second-order valence-electron chi connectivity index (χ2n) is 10.5. The van der Waals surface area contributed by atoms with Crippen LogP contribution < -0.4 is 23.5 Å². The Morgan fingerprint density at radius 1 is 1.02 bits per heavy atom. The molecule has 3 aromatic rings. The van der Waals surface area contributed by atoms with Gasteiger partial charge in [0.25, 0.3) is 5.91 Å². The maximum Gasteiger partial charge on any atom is 0.330 e. The molecule has 0 radical (unpaired) electrons. The molecule has 0 bridgehead atoms. The van der Waals surface area contributed by atoms with Crippen molar-refractivity contribution >= 4 is 17.8 Å². The van der Waals surface area contributed by atoms with Crippen molar-refractivity contribution < 1.29 is 36.6 Å². The van der Waals surface area contributed by atoms with Gasteiger partial charge in [0, 0.05) is 42.9 Å². The lowest BCUT2D eigenvalue weighted by Gasteiger charge is -2.27. The third kappa shape index (κ3) is 7.94. The predicted octanol–water partition coefficient (Wildman–Crippen LogP) is -1.23. The summed E-state index contributed by atoms with van der Waals surface area (Å²) in [4.78, 5) is 39.9. The molecule has 2 aromatic heterocycles. The summed E-state index contributed by atoms with van der Waals surface area (Å²) in [6.07, 6.45) is 5.86. The van der Waals surface area contributed by atoms with Crippen LogP contribution in [0.15, 0.2) is 30.6 Å². The molecule has 1 fully saturated rings. The Kier molecular flexibility index (Phi) is 12.2. The van der Waals surface area contributed by atoms with Crippen LogP contribution in [-0.4, -0.2) is 97.7 Å². The number of nitrogens with one attached hydrogen (secondary N) is 1. The van der Waals surface area contributed by atoms with Gasteiger partial charge in [-0.25, -0.2) is 19.0 Å². The Morgan fingerprint density at radius 2 is 1.63 bits per heavy atom. The molecule has 1 aliphatic rings. The predicted molar refractivity (Wildman–Crippen MR) is 153 cm³/mol. The zero-order valence-electron chi connectivity index (χ0n) is 24.6. The van der Waals surface area contributed by atoms with Crippen molar-refractivity contribution in [1.82, 2.24) is 40.2 Å². The standard InChI is InChI=1S/C28H39N9O5.ClH/c1-4-18(2)25(27(39)40)37-17-23(32-34-37)20-13-19(14-21(15-20)26(38)35-11-9-30-10-12-35)22-16-36(33-31-22)24(28(41)42-3)7-5-6-8-29;/h13-18,24-25,30H,4-12,29H2,1-3H3,(H,39,40);1H/p-1/t18-,24-,25?;/m0./s1. The molecule has 234 valence electrons. The Morgan fingerprint density at radius 3 is 2.19 bits per heavy atom. The fraction of sp³-hybridized carbons (Fsp3) is 0.536. The first-order valence-corrected chi connectivity index (χ1v) is 14.3. The van der Waals surface area contributed by atoms with Gasteiger partial charge in [0.05, 0.1) is 19.5 Å². The highest BCUT2D eigenvalue weighted by Gasteiger charge is 2.28. The Hall–Kier alpha value is -3.88. The molecule has 1 saturated heterocycles. The topological polar surface area (TPSA) is 183 Å². The third-order valence-corrected chi connectivity index (χ3v) is 7.64. The summed E-state index contributed by atoms with van der Waals surface area (Å²) in [6.45, 7) is 6.84. The maximum absolute atomic E-state index is 13.6. The summed E-state index contributed by atoms with van der Waals surface area (Å²) >= 11 is 0. The highest BCUT2D eigenvalue weighted by atomic mass is 35.5. The van der Waals surface area contributed by atoms with Gasteiger partial charge in [-0.2, -0.15) is 0 Å². The van der Waals surface area contributed by atoms with Crippen LogP contribution >= 0.6 is 0 Å². The number of nitrogens with two attached hydrogens (primary N) is 1. The maximum atomic E-state index is 13.6. The third-order valence-electron chi connectivity index (χ3n) is 7.64. The van der Waals surface area contributed by atoms with Crippen molar-refractivity contribution in [2.45, 2.75) is 51.6 Å². The number of nitrogens with zero attached hydrogens (tertiary/aromatic N) is 7. The Labute approximate surface area is 256 Å². The Balaban J connectivity index is 0.00000506. The van der Waals surface area contributed by atoms with Gasteiger partial charge in [-0.3, -0.25) is 4.79 Å². The number of unbranched alkanes of at least 4 members (excludes halogenated alkanes) is 1. The first-order valence-electron chi connectivity index (χ1n) is 14.3. The number of halogens is 1. The van der Waals surface area contributed by atoms with Gasteiger partial charge in [0.1, 0.15) is 11.4 Å². The number of carboxylic acid groups (broad SMARTS) is 1. The number of piperazine rings is 1. The second-order valence-corrected chi connectivity index (χ2v) is 10.5. The van der Waals surface area contributed by atoms with Crippen LogP contribution in [0.1, 0.15) is 62.0 Å². The quantitative estimate of drug-likeness (QED) is 0.154. The summed E-state index contributed by atoms with van der Waals surface area (Å²) in [5.74, 6) is -1.74. The number of amides is 1. The van der Waals surface area contributed by atoms with Gasteiger partial charge >= 0.3 is 11.9 Å². The van der Waals surface area contributed by atoms with Crippen molar-refractivity contribution in [3.8, 4) is 22.5 Å². The van der Waals surface area contributed by atoms with Gasteiger partial charge in [-0.05, 0) is 49.9 Å². The number of aromatic nitrogens is 6. The van der Waals surface area contributed by atoms with E-state index < -0.39 is 24.0 Å². The van der Waals surface area contributed by atoms with E-state index in [2.05, 4.69) is 25.9 Å². The number of benzene rings is 1. The summed E-state index contributed by atoms with van der Waals surface area (Å²) in [7, 11) is 1.33. The first-order chi connectivity index (χ1) is 20.3. The van der Waals surface area contributed by atoms with Crippen LogP contribution in [0.4, 0.5) is 0 Å². The van der Waals surface area contributed by atoms with E-state index in [1.807, 2.05) is 13.8 Å². The molecular formula is C28H39ClN9O5-. The summed E-state index contributed by atoms with van der Waals surface area (Å²) < 4.78 is 7.83. The molecule has 3 atom stereocenters. The minimum Gasteiger partial charge on any atom is -1.00 e. The van der Waals surface area contributed by atoms with E-state index in [1.54, 1.807) is 35.5 Å². The van der Waals surface area contributed by atoms with Crippen LogP contribution in [0, 0.1) is 5.92 Å². The highest BCUT2D eigenvalue weighted by molar-refractivity contribution is 5.97. The number of esters is 1. The number of carbonyl (C=O) groups is 3. The minimum atomic E-state index is -0.993. The van der Waals surface area contributed by atoms with Crippen LogP contribution in [0.3, 0.4) is 0 Å². The molecule has 1 aromatic carbocycles. The number of carbonyl (C=O) groups excluding carboxylic acids is 2. The van der Waals surface area contributed by atoms with E-state index in [-0.39, 0.29) is 24.2 Å². The zero-order valence-corrected chi connectivity index (χ0v) is 25.4. The van der Waals surface area contributed by atoms with Gasteiger partial charge in [-0.15, -0.1) is 10.2 Å². The van der Waals surface area contributed by atoms with Gasteiger partial charge in [0.15, 0.2) is 12.1 Å². The summed E-state index contributed by atoms with van der Waals surface area (Å²) in [6, 6.07) is 3.73. The molecule has 1 unspecified atom stereocenters. The minimum absolute atomic E-state index is 0. The second kappa shape index (κ2) is 15.5. The molecule has 1 aliphatic heterocycles. The number of methoxy groups -OCH3 is 1. The number of hydrogen-bond donors (Lipinski definition) is 3. The molecule has 0 aliphatic carbocycles. The van der Waals surface area contributed by atoms with Crippen LogP contribution in [0.25, 0.3) is 22.5 Å². The van der Waals surface area contributed by atoms with Gasteiger partial charge in [-0.1, -0.05) is 30.7 Å². The molecular weight excluding hydrogens is 578 g/mol. The van der Waals surface area contributed by atoms with Crippen LogP contribution in [0.2, 0.25) is 0 Å². The number of aliphatic carboxylic acids is 1. The number of ether oxygens (including phenoxy) is 1. The van der Waals surface area contributed by atoms with Crippen LogP contribution in [-0.2, 0) is 14.3 Å². The molecule has 1 amide bonds. The molecule has 15 heteroatoms. The van der Waals surface area contributed by atoms with Crippen molar-refractivity contribution in [3.05, 3.63) is 36.2 Å². The fourth-order valence-electron chi connectivity index (χ4n) is 5.02. The fourth-order valence-corrected chi connectivity index (χ4v) is 5.02. The molecule has 0 saturated carbocycles. The number of carboxylic acids is 1. The van der Waals surface area contributed by atoms with Gasteiger partial charge in [0.2, 0.25) is 0 Å². The molecule has 0 spiro atoms. The highest BCUT2D eigenvalue weighted by Crippen LogP contribution is 2.29. The van der Waals surface area contributed by atoms with Crippen molar-refractivity contribution in [2.24, 2.45) is 11.7 Å². The average molecular weight is 617 g/mol. The average Bonchev–Trinajstić information content (AvgIpc) is 3.69. The van der Waals surface area contributed by atoms with E-state index in [1.165, 1.54) is 16.5 Å². The SMILES string of the molecule is CC[C@H](C)C(C(=O)O)n1cc(-c2cc(C(=O)N3CCNCC3)cc(-c3cn([C@@H](CCCCN)C(=O)OC)nn3)c2)nn1.[Cl-]. The van der Waals surface area contributed by atoms with Gasteiger partial charge < -0.3 is 38.2 Å². The normalized spacial score (nSPS) is 15.3. The Bertz CT molecular complexity index is 1390. The van der Waals surface area contributed by atoms with E-state index in [0.29, 0.717) is 80.1 Å². The van der Waals surface area contributed by atoms with E-state index >= 15 is 0 Å². The molecule has 43 heavy (non-hydrogen) atoms. The molecule has 14 nitrogen and oxygen atoms in total. The lowest BCUT2D eigenvalue weighted by molar-refractivity contribution is -0.145. The van der Waals surface area contributed by atoms with Crippen molar-refractivity contribution in [3.63, 3.8) is 0 Å². The lowest BCUT2D eigenvalue weighted by Crippen LogP contribution is -3.00. The summed E-state index contributed by atoms with van der Waals surface area (Å²) in [5, 5.41) is 30.0. The van der Waals surface area contributed by atoms with Crippen molar-refractivity contribution in [2.75, 3.05) is 39.8 Å². The molecule has 3 heterocycles. The van der Waals surface area contributed by atoms with Crippen LogP contribution in [0.5, 0.6) is 0 Å². The molecule has 4 N–H and O–H groups in total. The van der Waals surface area contributed by atoms with E-state index in [4.69, 9.17) is 10.5 Å². The number of rotatable bonds is 13. The van der Waals surface area contributed by atoms with Crippen molar-refractivity contribution in [1.29, 1.82) is 0 Å². The van der Waals surface area contributed by atoms with E-state index in [0.717, 1.165) is 6.42 Å². The lowest BCUT2D eigenvalue weighted by atomic mass is 9.99. The summed E-state index contributed by atoms with van der Waals surface area (Å²) in [5.41, 5.74) is 8.09.